The van der Waals surface area contributed by atoms with Crippen LogP contribution in [0.3, 0.4) is 0 Å². The zero-order valence-electron chi connectivity index (χ0n) is 18.3. The number of ether oxygens (including phenoxy) is 1. The van der Waals surface area contributed by atoms with Gasteiger partial charge in [0, 0.05) is 43.6 Å². The number of anilines is 1. The summed E-state index contributed by atoms with van der Waals surface area (Å²) in [5.74, 6) is 1.11. The van der Waals surface area contributed by atoms with E-state index in [1.807, 2.05) is 16.4 Å². The van der Waals surface area contributed by atoms with Gasteiger partial charge in [-0.05, 0) is 50.4 Å². The van der Waals surface area contributed by atoms with Gasteiger partial charge in [-0.1, -0.05) is 16.5 Å². The summed E-state index contributed by atoms with van der Waals surface area (Å²) in [6, 6.07) is 8.18. The van der Waals surface area contributed by atoms with Crippen LogP contribution in [0.1, 0.15) is 13.8 Å². The Kier molecular flexibility index (Phi) is 30.9. The summed E-state index contributed by atoms with van der Waals surface area (Å²) in [6.07, 6.45) is 0. The number of methoxy groups -OCH3 is 1. The van der Waals surface area contributed by atoms with Crippen molar-refractivity contribution >= 4 is 69.4 Å². The van der Waals surface area contributed by atoms with E-state index < -0.39 is 0 Å². The van der Waals surface area contributed by atoms with Crippen LogP contribution in [0.25, 0.3) is 0 Å². The molecule has 6 nitrogen and oxygen atoms in total. The first kappa shape index (κ1) is 38.0. The molecule has 2 N–H and O–H groups in total. The number of carbonyl (C=O) groups is 1. The second-order valence-electron chi connectivity index (χ2n) is 5.71. The number of nitrogens with zero attached hydrogens (tertiary/aromatic N) is 2. The molecule has 12 heteroatoms. The Hall–Kier alpha value is 0.740. The zero-order valence-corrected chi connectivity index (χ0v) is 25.6. The van der Waals surface area contributed by atoms with Gasteiger partial charge >= 0.3 is 59.1 Å². The first-order chi connectivity index (χ1) is 12.8. The number of nitrogens with one attached hydrogen (secondary N) is 1. The van der Waals surface area contributed by atoms with Crippen molar-refractivity contribution in [3.05, 3.63) is 24.3 Å². The number of Topliss-reactive ketones (excluding diaryl/α,β-unsaturated/α-hetero) is 1. The third-order valence-electron chi connectivity index (χ3n) is 3.50. The van der Waals surface area contributed by atoms with E-state index >= 15 is 0 Å². The van der Waals surface area contributed by atoms with Gasteiger partial charge in [0.05, 0.1) is 12.8 Å². The minimum Gasteiger partial charge on any atom is -0.870 e. The largest absolute Gasteiger partial charge is 1.00 e. The van der Waals surface area contributed by atoms with Crippen LogP contribution in [-0.2, 0) is 17.4 Å². The fourth-order valence-electron chi connectivity index (χ4n) is 2.42. The van der Waals surface area contributed by atoms with E-state index in [1.165, 1.54) is 19.5 Å². The molecular weight excluding hydrogens is 480 g/mol. The maximum Gasteiger partial charge on any atom is 1.00 e. The number of carbonyl (C=O) groups excluding carboxylic acids is 1. The number of hydrogen-bond donors (Lipinski definition) is 1. The van der Waals surface area contributed by atoms with Gasteiger partial charge in [-0.25, -0.2) is 0 Å². The third kappa shape index (κ3) is 19.4. The van der Waals surface area contributed by atoms with Crippen LogP contribution in [0.15, 0.2) is 24.3 Å². The molecule has 1 aromatic carbocycles. The zero-order chi connectivity index (χ0) is 20.7. The maximum atomic E-state index is 9.44. The molecule has 0 bridgehead atoms. The quantitative estimate of drug-likeness (QED) is 0.249. The van der Waals surface area contributed by atoms with Gasteiger partial charge in [-0.15, -0.1) is 0 Å². The van der Waals surface area contributed by atoms with Crippen molar-refractivity contribution in [3.8, 4) is 5.75 Å². The molecule has 1 aliphatic rings. The molecule has 1 saturated heterocycles. The van der Waals surface area contributed by atoms with Crippen LogP contribution in [0.2, 0.25) is 0 Å². The maximum absolute atomic E-state index is 9.44. The summed E-state index contributed by atoms with van der Waals surface area (Å²) in [5, 5.41) is 3.02. The van der Waals surface area contributed by atoms with Crippen molar-refractivity contribution in [2.45, 2.75) is 13.8 Å². The molecule has 0 amide bonds. The topological polar surface area (TPSA) is 74.8 Å². The first-order valence-corrected chi connectivity index (χ1v) is 10.0. The Morgan fingerprint density at radius 1 is 1.17 bits per heavy atom. The fourth-order valence-corrected chi connectivity index (χ4v) is 2.62. The number of para-hydroxylation sites is 2. The fraction of sp³-hybridized carbons (Fsp3) is 0.500. The molecule has 1 aliphatic heterocycles. The Morgan fingerprint density at radius 2 is 1.63 bits per heavy atom. The summed E-state index contributed by atoms with van der Waals surface area (Å²) in [7, 11) is 1.72. The second-order valence-corrected chi connectivity index (χ2v) is 7.45. The van der Waals surface area contributed by atoms with Crippen LogP contribution in [0.5, 0.6) is 5.75 Å². The summed E-state index contributed by atoms with van der Waals surface area (Å²) in [4.78, 5) is 14.2. The van der Waals surface area contributed by atoms with E-state index in [1.54, 1.807) is 7.11 Å². The second kappa shape index (κ2) is 24.4. The minimum atomic E-state index is 0. The van der Waals surface area contributed by atoms with Gasteiger partial charge in [0.2, 0.25) is 0 Å². The van der Waals surface area contributed by atoms with Crippen LogP contribution in [0.4, 0.5) is 5.69 Å². The Labute approximate surface area is 246 Å². The summed E-state index contributed by atoms with van der Waals surface area (Å²) >= 11 is 17.6. The predicted molar refractivity (Wildman–Crippen MR) is 128 cm³/mol. The standard InChI is InChI=1S/C14H21N3OS2.C3H6O.CS2.2Na.H2O/c1-18-13-5-3-2-4-12(13)17-10-8-16(9-11-17)7-6-15-14(19)20;1-3(2)4;2-1-3;;;/h2-5H,6-11H2,1H3,(H2,15,19,20);1-2H3;;;;1H2/q;;;2*+1;/p-2. The van der Waals surface area contributed by atoms with Crippen LogP contribution in [0, 0.1) is 0 Å². The molecule has 0 atom stereocenters. The van der Waals surface area contributed by atoms with E-state index in [4.69, 9.17) is 29.6 Å². The summed E-state index contributed by atoms with van der Waals surface area (Å²) in [5.41, 5.74) is 1.18. The van der Waals surface area contributed by atoms with Crippen molar-refractivity contribution in [2.75, 3.05) is 51.3 Å². The van der Waals surface area contributed by atoms with Crippen molar-refractivity contribution in [3.63, 3.8) is 0 Å². The van der Waals surface area contributed by atoms with Crippen molar-refractivity contribution < 1.29 is 74.1 Å². The first-order valence-electron chi connectivity index (χ1n) is 8.37. The molecular formula is C18H27N3Na2O3S4. The molecule has 1 aromatic rings. The van der Waals surface area contributed by atoms with Gasteiger partial charge in [0.1, 0.15) is 11.5 Å². The van der Waals surface area contributed by atoms with Gasteiger partial charge in [0.25, 0.3) is 0 Å². The smallest absolute Gasteiger partial charge is 0.870 e. The van der Waals surface area contributed by atoms with Crippen molar-refractivity contribution in [2.24, 2.45) is 0 Å². The third-order valence-corrected chi connectivity index (χ3v) is 3.78. The van der Waals surface area contributed by atoms with Crippen LogP contribution < -0.4 is 74.1 Å². The minimum absolute atomic E-state index is 0. The monoisotopic (exact) mass is 507 g/mol. The number of benzene rings is 1. The molecule has 0 aromatic heterocycles. The molecule has 0 unspecified atom stereocenters. The number of rotatable bonds is 5. The molecule has 158 valence electrons. The molecule has 1 heterocycles. The molecule has 0 radical (unpaired) electrons. The number of piperazine rings is 1. The molecule has 30 heavy (non-hydrogen) atoms. The number of thiocarbonyl (C=S) groups is 3. The molecule has 0 saturated carbocycles. The summed E-state index contributed by atoms with van der Waals surface area (Å²) in [6.45, 7) is 8.98. The van der Waals surface area contributed by atoms with Gasteiger partial charge < -0.3 is 50.1 Å². The molecule has 0 aliphatic carbocycles. The molecule has 1 fully saturated rings. The Morgan fingerprint density at radius 3 is 2.07 bits per heavy atom. The van der Waals surface area contributed by atoms with Crippen molar-refractivity contribution in [1.29, 1.82) is 0 Å². The Bertz CT molecular complexity index is 624. The molecule has 0 spiro atoms. The van der Waals surface area contributed by atoms with E-state index in [2.05, 4.69) is 51.7 Å². The number of ketones is 1. The Balaban J connectivity index is -0.000000298. The average molecular weight is 508 g/mol. The van der Waals surface area contributed by atoms with Crippen molar-refractivity contribution in [1.82, 2.24) is 10.2 Å². The van der Waals surface area contributed by atoms with E-state index in [-0.39, 0.29) is 70.4 Å². The summed E-state index contributed by atoms with van der Waals surface area (Å²) < 4.78 is 7.80. The van der Waals surface area contributed by atoms with Crippen LogP contribution >= 0.6 is 36.7 Å². The normalized spacial score (nSPS) is 11.8. The van der Waals surface area contributed by atoms with Crippen LogP contribution in [-0.4, -0.2) is 71.2 Å². The average Bonchev–Trinajstić information content (AvgIpc) is 2.62. The van der Waals surface area contributed by atoms with E-state index in [0.29, 0.717) is 4.32 Å². The SMILES string of the molecule is CC(C)=O.COc1ccccc1N1CCN(CCNC(=S)[S-])CC1.S=C=S.[Na+].[Na+].[OH-]. The van der Waals surface area contributed by atoms with E-state index in [9.17, 15) is 4.79 Å². The predicted octanol–water partition coefficient (Wildman–Crippen LogP) is -3.32. The molecule has 2 rings (SSSR count). The number of hydrogen-bond acceptors (Lipinski definition) is 9. The van der Waals surface area contributed by atoms with Gasteiger partial charge in [-0.3, -0.25) is 4.90 Å². The van der Waals surface area contributed by atoms with Gasteiger partial charge in [-0.2, -0.15) is 0 Å². The van der Waals surface area contributed by atoms with Gasteiger partial charge in [0.15, 0.2) is 0 Å². The van der Waals surface area contributed by atoms with E-state index in [0.717, 1.165) is 45.0 Å².